The molecule has 0 aromatic heterocycles. The van der Waals surface area contributed by atoms with Gasteiger partial charge in [0.25, 0.3) is 0 Å². The first kappa shape index (κ1) is 23.2. The summed E-state index contributed by atoms with van der Waals surface area (Å²) in [5.41, 5.74) is 7.69. The maximum atomic E-state index is 11.2. The Morgan fingerprint density at radius 2 is 0.794 bits per heavy atom. The summed E-state index contributed by atoms with van der Waals surface area (Å²) < 4.78 is 0. The Labute approximate surface area is 200 Å². The topological polar surface area (TPSA) is 80.9 Å². The summed E-state index contributed by atoms with van der Waals surface area (Å²) in [6.07, 6.45) is 1.22. The number of aromatic hydroxyl groups is 4. The van der Waals surface area contributed by atoms with E-state index in [1.165, 1.54) is 0 Å². The van der Waals surface area contributed by atoms with Crippen LogP contribution in [0.3, 0.4) is 0 Å². The van der Waals surface area contributed by atoms with Gasteiger partial charge in [-0.15, -0.1) is 0 Å². The van der Waals surface area contributed by atoms with Gasteiger partial charge in [0.15, 0.2) is 0 Å². The second-order valence-corrected chi connectivity index (χ2v) is 9.19. The molecule has 0 aliphatic heterocycles. The molecule has 0 aliphatic carbocycles. The number of hydrogen-bond donors (Lipinski definition) is 4. The van der Waals surface area contributed by atoms with E-state index in [0.29, 0.717) is 30.4 Å². The molecule has 0 heterocycles. The monoisotopic (exact) mass is 454 g/mol. The predicted molar refractivity (Wildman–Crippen MR) is 135 cm³/mol. The molecule has 4 rings (SSSR count). The lowest BCUT2D eigenvalue weighted by molar-refractivity contribution is 0.456. The summed E-state index contributed by atoms with van der Waals surface area (Å²) in [7, 11) is 0. The third kappa shape index (κ3) is 5.18. The van der Waals surface area contributed by atoms with Crippen molar-refractivity contribution in [3.05, 3.63) is 117 Å². The molecule has 0 atom stereocenters. The number of rotatable bonds is 6. The van der Waals surface area contributed by atoms with Gasteiger partial charge in [-0.05, 0) is 72.4 Å². The summed E-state index contributed by atoms with van der Waals surface area (Å²) >= 11 is 0. The first-order valence-electron chi connectivity index (χ1n) is 11.4. The Morgan fingerprint density at radius 3 is 1.18 bits per heavy atom. The van der Waals surface area contributed by atoms with E-state index in [1.807, 2.05) is 69.3 Å². The van der Waals surface area contributed by atoms with Gasteiger partial charge < -0.3 is 20.4 Å². The van der Waals surface area contributed by atoms with Crippen LogP contribution in [0.5, 0.6) is 23.0 Å². The molecule has 0 fully saturated rings. The molecule has 4 aromatic carbocycles. The van der Waals surface area contributed by atoms with E-state index in [9.17, 15) is 20.4 Å². The molecule has 0 unspecified atom stereocenters. The van der Waals surface area contributed by atoms with Gasteiger partial charge in [0, 0.05) is 19.3 Å². The molecule has 4 aromatic rings. The Morgan fingerprint density at radius 1 is 0.441 bits per heavy atom. The molecule has 0 radical (unpaired) electrons. The summed E-state index contributed by atoms with van der Waals surface area (Å²) in [5, 5.41) is 42.4. The third-order valence-electron chi connectivity index (χ3n) is 6.19. The summed E-state index contributed by atoms with van der Waals surface area (Å²) in [6.45, 7) is 5.91. The fraction of sp³-hybridized carbons (Fsp3) is 0.200. The second-order valence-electron chi connectivity index (χ2n) is 9.19. The number of hydrogen-bond acceptors (Lipinski definition) is 4. The van der Waals surface area contributed by atoms with Crippen molar-refractivity contribution in [2.24, 2.45) is 0 Å². The molecule has 0 saturated heterocycles. The molecule has 4 nitrogen and oxygen atoms in total. The van der Waals surface area contributed by atoms with Crippen LogP contribution in [0.1, 0.15) is 50.1 Å². The largest absolute Gasteiger partial charge is 0.508 e. The normalized spacial score (nSPS) is 11.0. The van der Waals surface area contributed by atoms with Crippen LogP contribution in [0.2, 0.25) is 0 Å². The van der Waals surface area contributed by atoms with Gasteiger partial charge in [0.2, 0.25) is 0 Å². The Kier molecular flexibility index (Phi) is 6.51. The maximum Gasteiger partial charge on any atom is 0.122 e. The van der Waals surface area contributed by atoms with E-state index in [2.05, 4.69) is 0 Å². The van der Waals surface area contributed by atoms with Crippen LogP contribution >= 0.6 is 0 Å². The molecule has 4 heteroatoms. The van der Waals surface area contributed by atoms with Crippen molar-refractivity contribution >= 4 is 0 Å². The molecular weight excluding hydrogens is 424 g/mol. The van der Waals surface area contributed by atoms with Crippen LogP contribution in [-0.4, -0.2) is 20.4 Å². The summed E-state index contributed by atoms with van der Waals surface area (Å²) in [5.74, 6) is 0.752. The van der Waals surface area contributed by atoms with Crippen LogP contribution in [-0.2, 0) is 19.3 Å². The zero-order chi connectivity index (χ0) is 24.4. The molecule has 0 spiro atoms. The van der Waals surface area contributed by atoms with Crippen LogP contribution in [0.25, 0.3) is 0 Å². The van der Waals surface area contributed by atoms with Gasteiger partial charge >= 0.3 is 0 Å². The maximum absolute atomic E-state index is 11.2. The van der Waals surface area contributed by atoms with Crippen molar-refractivity contribution in [2.75, 3.05) is 0 Å². The molecular formula is C30H30O4. The zero-order valence-corrected chi connectivity index (χ0v) is 19.8. The highest BCUT2D eigenvalue weighted by molar-refractivity contribution is 5.52. The number of aryl methyl sites for hydroxylation is 3. The van der Waals surface area contributed by atoms with Crippen molar-refractivity contribution in [2.45, 2.75) is 40.0 Å². The van der Waals surface area contributed by atoms with E-state index in [1.54, 1.807) is 18.2 Å². The minimum atomic E-state index is 0.152. The molecule has 174 valence electrons. The van der Waals surface area contributed by atoms with E-state index in [0.717, 1.165) is 38.9 Å². The Balaban J connectivity index is 1.80. The summed E-state index contributed by atoms with van der Waals surface area (Å²) in [6, 6.07) is 20.3. The number of phenolic OH excluding ortho intramolecular Hbond substituents is 4. The van der Waals surface area contributed by atoms with Gasteiger partial charge in [-0.3, -0.25) is 0 Å². The van der Waals surface area contributed by atoms with Gasteiger partial charge in [-0.25, -0.2) is 0 Å². The fourth-order valence-electron chi connectivity index (χ4n) is 4.40. The minimum absolute atomic E-state index is 0.152. The first-order valence-corrected chi connectivity index (χ1v) is 11.4. The fourth-order valence-corrected chi connectivity index (χ4v) is 4.40. The van der Waals surface area contributed by atoms with Crippen molar-refractivity contribution < 1.29 is 20.4 Å². The average molecular weight is 455 g/mol. The van der Waals surface area contributed by atoms with E-state index in [4.69, 9.17) is 0 Å². The second kappa shape index (κ2) is 9.52. The smallest absolute Gasteiger partial charge is 0.122 e. The van der Waals surface area contributed by atoms with Gasteiger partial charge in [0.1, 0.15) is 23.0 Å². The third-order valence-corrected chi connectivity index (χ3v) is 6.19. The zero-order valence-electron chi connectivity index (χ0n) is 19.8. The molecule has 34 heavy (non-hydrogen) atoms. The highest BCUT2D eigenvalue weighted by Crippen LogP contribution is 2.34. The van der Waals surface area contributed by atoms with Gasteiger partial charge in [-0.1, -0.05) is 65.2 Å². The van der Waals surface area contributed by atoms with Gasteiger partial charge in [0.05, 0.1) is 0 Å². The van der Waals surface area contributed by atoms with E-state index in [-0.39, 0.29) is 23.0 Å². The van der Waals surface area contributed by atoms with Crippen molar-refractivity contribution in [1.29, 1.82) is 0 Å². The molecule has 0 saturated carbocycles. The van der Waals surface area contributed by atoms with Crippen molar-refractivity contribution in [1.82, 2.24) is 0 Å². The lowest BCUT2D eigenvalue weighted by atomic mass is 9.91. The lowest BCUT2D eigenvalue weighted by Gasteiger charge is -2.16. The van der Waals surface area contributed by atoms with Crippen LogP contribution in [0.4, 0.5) is 0 Å². The van der Waals surface area contributed by atoms with E-state index < -0.39 is 0 Å². The summed E-state index contributed by atoms with van der Waals surface area (Å²) in [4.78, 5) is 0. The van der Waals surface area contributed by atoms with Crippen molar-refractivity contribution in [3.8, 4) is 23.0 Å². The number of phenols is 4. The number of benzene rings is 4. The SMILES string of the molecule is Cc1ccc(O)c(Cc2cc(Cc3cc(C)ccc3O)c(O)c(Cc3cc(C)ccc3O)c2)c1. The molecule has 0 bridgehead atoms. The first-order chi connectivity index (χ1) is 16.2. The van der Waals surface area contributed by atoms with E-state index >= 15 is 0 Å². The van der Waals surface area contributed by atoms with Crippen LogP contribution in [0.15, 0.2) is 66.7 Å². The molecule has 0 aliphatic rings. The molecule has 0 amide bonds. The Hall–Kier alpha value is -3.92. The highest BCUT2D eigenvalue weighted by Gasteiger charge is 2.16. The quantitative estimate of drug-likeness (QED) is 0.279. The van der Waals surface area contributed by atoms with Crippen LogP contribution in [0, 0.1) is 20.8 Å². The van der Waals surface area contributed by atoms with Gasteiger partial charge in [-0.2, -0.15) is 0 Å². The standard InChI is InChI=1S/C30H30O4/c1-18-4-7-27(31)22(10-18)13-21-14-25(16-23-11-19(2)5-8-28(23)32)30(34)26(15-21)17-24-12-20(3)6-9-29(24)33/h4-12,14-15,31-34H,13,16-17H2,1-3H3. The average Bonchev–Trinajstić information content (AvgIpc) is 2.79. The predicted octanol–water partition coefficient (Wildman–Crippen LogP) is 6.21. The minimum Gasteiger partial charge on any atom is -0.508 e. The van der Waals surface area contributed by atoms with Crippen molar-refractivity contribution in [3.63, 3.8) is 0 Å². The Bertz CT molecular complexity index is 1280. The molecule has 4 N–H and O–H groups in total. The lowest BCUT2D eigenvalue weighted by Crippen LogP contribution is -2.00. The van der Waals surface area contributed by atoms with Crippen LogP contribution < -0.4 is 0 Å². The highest BCUT2D eigenvalue weighted by atomic mass is 16.3.